The van der Waals surface area contributed by atoms with Crippen LogP contribution in [0.4, 0.5) is 28.3 Å². The molecule has 2 aliphatic rings. The summed E-state index contributed by atoms with van der Waals surface area (Å²) in [6.45, 7) is 8.05. The molecule has 2 saturated heterocycles. The summed E-state index contributed by atoms with van der Waals surface area (Å²) in [4.78, 5) is 3.71. The van der Waals surface area contributed by atoms with Gasteiger partial charge in [0.2, 0.25) is 0 Å². The number of thiophene rings is 1. The minimum absolute atomic E-state index is 0.0448. The fourth-order valence-corrected chi connectivity index (χ4v) is 8.16. The SMILES string of the molecule is C[C@@H]1C[C@H](C)CN(c2ccc(S(=O)(=O)N3CCN(c4ccc(F)cc4C(F)(F)F)C[C@H]3C)s2)C1. The quantitative estimate of drug-likeness (QED) is 0.515. The van der Waals surface area contributed by atoms with Gasteiger partial charge in [-0.2, -0.15) is 17.5 Å². The van der Waals surface area contributed by atoms with Gasteiger partial charge in [-0.3, -0.25) is 0 Å². The zero-order chi connectivity index (χ0) is 24.8. The van der Waals surface area contributed by atoms with Gasteiger partial charge in [-0.15, -0.1) is 11.3 Å². The monoisotopic (exact) mass is 519 g/mol. The van der Waals surface area contributed by atoms with Crippen molar-refractivity contribution in [3.8, 4) is 0 Å². The molecule has 3 heterocycles. The van der Waals surface area contributed by atoms with E-state index in [-0.39, 0.29) is 29.5 Å². The molecule has 0 N–H and O–H groups in total. The van der Waals surface area contributed by atoms with Crippen molar-refractivity contribution in [1.82, 2.24) is 4.31 Å². The van der Waals surface area contributed by atoms with E-state index < -0.39 is 33.6 Å². The minimum atomic E-state index is -4.71. The Hall–Kier alpha value is -1.85. The molecule has 4 rings (SSSR count). The Morgan fingerprint density at radius 2 is 1.62 bits per heavy atom. The van der Waals surface area contributed by atoms with Gasteiger partial charge in [0.15, 0.2) is 0 Å². The Labute approximate surface area is 202 Å². The molecule has 0 amide bonds. The van der Waals surface area contributed by atoms with Gasteiger partial charge in [-0.1, -0.05) is 13.8 Å². The van der Waals surface area contributed by atoms with Gasteiger partial charge >= 0.3 is 6.18 Å². The number of alkyl halides is 3. The molecule has 11 heteroatoms. The zero-order valence-corrected chi connectivity index (χ0v) is 21.0. The van der Waals surface area contributed by atoms with E-state index in [0.29, 0.717) is 17.9 Å². The molecular formula is C23H29F4N3O2S2. The van der Waals surface area contributed by atoms with Crippen molar-refractivity contribution in [2.45, 2.75) is 43.6 Å². The molecule has 188 valence electrons. The summed E-state index contributed by atoms with van der Waals surface area (Å²) in [6.07, 6.45) is -3.56. The summed E-state index contributed by atoms with van der Waals surface area (Å²) in [6, 6.07) is 5.51. The first kappa shape index (κ1) is 25.2. The summed E-state index contributed by atoms with van der Waals surface area (Å²) in [5.74, 6) is 0.107. The molecule has 3 atom stereocenters. The van der Waals surface area contributed by atoms with Crippen LogP contribution in [0.25, 0.3) is 0 Å². The molecule has 2 aliphatic heterocycles. The molecule has 0 spiro atoms. The van der Waals surface area contributed by atoms with E-state index in [0.717, 1.165) is 36.6 Å². The van der Waals surface area contributed by atoms with Crippen LogP contribution in [-0.4, -0.2) is 51.5 Å². The Balaban J connectivity index is 1.52. The molecule has 34 heavy (non-hydrogen) atoms. The van der Waals surface area contributed by atoms with E-state index in [4.69, 9.17) is 0 Å². The van der Waals surface area contributed by atoms with Crippen molar-refractivity contribution in [1.29, 1.82) is 0 Å². The Kier molecular flexibility index (Phi) is 6.91. The third-order valence-electron chi connectivity index (χ3n) is 6.48. The van der Waals surface area contributed by atoms with E-state index in [1.165, 1.54) is 20.5 Å². The van der Waals surface area contributed by atoms with Crippen LogP contribution < -0.4 is 9.80 Å². The maximum atomic E-state index is 13.5. The number of halogens is 4. The lowest BCUT2D eigenvalue weighted by molar-refractivity contribution is -0.137. The predicted molar refractivity (Wildman–Crippen MR) is 126 cm³/mol. The maximum absolute atomic E-state index is 13.5. The molecule has 2 aromatic rings. The lowest BCUT2D eigenvalue weighted by atomic mass is 9.92. The number of anilines is 2. The minimum Gasteiger partial charge on any atom is -0.368 e. The van der Waals surface area contributed by atoms with Crippen molar-refractivity contribution in [3.63, 3.8) is 0 Å². The largest absolute Gasteiger partial charge is 0.418 e. The lowest BCUT2D eigenvalue weighted by Gasteiger charge is -2.40. The lowest BCUT2D eigenvalue weighted by Crippen LogP contribution is -2.54. The van der Waals surface area contributed by atoms with Gasteiger partial charge in [0.05, 0.1) is 10.6 Å². The van der Waals surface area contributed by atoms with Crippen molar-refractivity contribution in [3.05, 3.63) is 41.7 Å². The zero-order valence-electron chi connectivity index (χ0n) is 19.3. The van der Waals surface area contributed by atoms with Crippen LogP contribution in [0.1, 0.15) is 32.8 Å². The number of sulfonamides is 1. The Morgan fingerprint density at radius 1 is 0.941 bits per heavy atom. The molecule has 2 fully saturated rings. The van der Waals surface area contributed by atoms with Gasteiger partial charge < -0.3 is 9.80 Å². The van der Waals surface area contributed by atoms with Crippen LogP contribution in [0.3, 0.4) is 0 Å². The van der Waals surface area contributed by atoms with E-state index in [1.807, 2.05) is 6.07 Å². The number of rotatable bonds is 4. The standard InChI is InChI=1S/C23H29F4N3O2S2/c1-15-10-16(2)13-29(12-15)21-6-7-22(33-21)34(31,32)30-9-8-28(14-17(30)3)20-5-4-18(24)11-19(20)23(25,26)27/h4-7,11,15-17H,8-10,12-14H2,1-3H3/t15-,16+,17-/m1/s1. The topological polar surface area (TPSA) is 43.9 Å². The number of piperazine rings is 1. The fraction of sp³-hybridized carbons (Fsp3) is 0.565. The van der Waals surface area contributed by atoms with Crippen LogP contribution in [0, 0.1) is 17.7 Å². The summed E-state index contributed by atoms with van der Waals surface area (Å²) in [7, 11) is -3.79. The molecular weight excluding hydrogens is 490 g/mol. The van der Waals surface area contributed by atoms with E-state index >= 15 is 0 Å². The normalized spacial score (nSPS) is 25.1. The molecule has 1 aromatic heterocycles. The number of hydrogen-bond acceptors (Lipinski definition) is 5. The highest BCUT2D eigenvalue weighted by Gasteiger charge is 2.39. The van der Waals surface area contributed by atoms with Crippen molar-refractivity contribution in [2.75, 3.05) is 42.5 Å². The van der Waals surface area contributed by atoms with Crippen LogP contribution in [0.2, 0.25) is 0 Å². The van der Waals surface area contributed by atoms with Crippen LogP contribution in [-0.2, 0) is 16.2 Å². The first-order chi connectivity index (χ1) is 15.9. The van der Waals surface area contributed by atoms with Crippen LogP contribution in [0.15, 0.2) is 34.5 Å². The summed E-state index contributed by atoms with van der Waals surface area (Å²) >= 11 is 1.24. The fourth-order valence-electron chi connectivity index (χ4n) is 5.11. The first-order valence-electron chi connectivity index (χ1n) is 11.3. The van der Waals surface area contributed by atoms with E-state index in [9.17, 15) is 26.0 Å². The highest BCUT2D eigenvalue weighted by Crippen LogP contribution is 2.39. The van der Waals surface area contributed by atoms with Gasteiger partial charge in [0.25, 0.3) is 10.0 Å². The van der Waals surface area contributed by atoms with Gasteiger partial charge in [-0.25, -0.2) is 12.8 Å². The van der Waals surface area contributed by atoms with E-state index in [2.05, 4.69) is 18.7 Å². The number of nitrogens with zero attached hydrogens (tertiary/aromatic N) is 3. The Bertz CT molecular complexity index is 1130. The molecule has 1 aromatic carbocycles. The summed E-state index contributed by atoms with van der Waals surface area (Å²) in [5.41, 5.74) is -1.19. The van der Waals surface area contributed by atoms with Crippen molar-refractivity contribution >= 4 is 32.0 Å². The van der Waals surface area contributed by atoms with Crippen LogP contribution >= 0.6 is 11.3 Å². The van der Waals surface area contributed by atoms with Gasteiger partial charge in [-0.05, 0) is 55.5 Å². The van der Waals surface area contributed by atoms with Gasteiger partial charge in [0, 0.05) is 44.5 Å². The molecule has 0 saturated carbocycles. The Morgan fingerprint density at radius 3 is 2.24 bits per heavy atom. The average Bonchev–Trinajstić information content (AvgIpc) is 3.23. The van der Waals surface area contributed by atoms with Crippen molar-refractivity contribution < 1.29 is 26.0 Å². The maximum Gasteiger partial charge on any atom is 0.418 e. The molecule has 0 unspecified atom stereocenters. The summed E-state index contributed by atoms with van der Waals surface area (Å²) < 4.78 is 82.3. The third kappa shape index (κ3) is 5.06. The highest BCUT2D eigenvalue weighted by atomic mass is 32.2. The van der Waals surface area contributed by atoms with Crippen molar-refractivity contribution in [2.24, 2.45) is 11.8 Å². The first-order valence-corrected chi connectivity index (χ1v) is 13.6. The molecule has 0 aliphatic carbocycles. The average molecular weight is 520 g/mol. The van der Waals surface area contributed by atoms with Crippen LogP contribution in [0.5, 0.6) is 0 Å². The second-order valence-corrected chi connectivity index (χ2v) is 12.7. The summed E-state index contributed by atoms with van der Waals surface area (Å²) in [5, 5.41) is 0.921. The molecule has 5 nitrogen and oxygen atoms in total. The third-order valence-corrected chi connectivity index (χ3v) is 10.1. The molecule has 0 bridgehead atoms. The predicted octanol–water partition coefficient (Wildman–Crippen LogP) is 5.29. The molecule has 0 radical (unpaired) electrons. The number of piperidine rings is 1. The van der Waals surface area contributed by atoms with Gasteiger partial charge in [0.1, 0.15) is 10.0 Å². The second-order valence-electron chi connectivity index (χ2n) is 9.51. The van der Waals surface area contributed by atoms with E-state index in [1.54, 1.807) is 13.0 Å². The number of benzene rings is 1. The highest BCUT2D eigenvalue weighted by molar-refractivity contribution is 7.91. The smallest absolute Gasteiger partial charge is 0.368 e. The second kappa shape index (κ2) is 9.31. The number of hydrogen-bond donors (Lipinski definition) is 0.